The number of carbonyl (C=O) groups is 1. The summed E-state index contributed by atoms with van der Waals surface area (Å²) >= 11 is 6.22. The second kappa shape index (κ2) is 5.29. The molecule has 1 aromatic rings. The Kier molecular flexibility index (Phi) is 3.93. The highest BCUT2D eigenvalue weighted by Crippen LogP contribution is 2.22. The molecular weight excluding hydrogens is 248 g/mol. The molecule has 3 nitrogen and oxygen atoms in total. The molecule has 1 aliphatic rings. The lowest BCUT2D eigenvalue weighted by molar-refractivity contribution is 0.0674. The van der Waals surface area contributed by atoms with Crippen molar-refractivity contribution in [1.82, 2.24) is 10.2 Å². The minimum Gasteiger partial charge on any atom is -0.335 e. The van der Waals surface area contributed by atoms with Crippen molar-refractivity contribution in [3.05, 3.63) is 34.3 Å². The Morgan fingerprint density at radius 1 is 1.33 bits per heavy atom. The molecule has 98 valence electrons. The van der Waals surface area contributed by atoms with E-state index in [2.05, 4.69) is 19.2 Å². The van der Waals surface area contributed by atoms with Crippen LogP contribution in [0.3, 0.4) is 0 Å². The molecule has 18 heavy (non-hydrogen) atoms. The molecule has 4 heteroatoms. The summed E-state index contributed by atoms with van der Waals surface area (Å²) in [4.78, 5) is 14.4. The standard InChI is InChI=1S/C14H19ClN2O/c1-9-5-4-6-12(13(9)15)14(18)17-7-10(2)16-11(3)8-17/h4-6,10-11,16H,7-8H2,1-3H3. The van der Waals surface area contributed by atoms with Gasteiger partial charge in [-0.05, 0) is 32.4 Å². The average molecular weight is 267 g/mol. The Balaban J connectivity index is 2.23. The number of carbonyl (C=O) groups excluding carboxylic acids is 1. The maximum Gasteiger partial charge on any atom is 0.255 e. The molecule has 1 aromatic carbocycles. The molecule has 1 N–H and O–H groups in total. The normalized spacial score (nSPS) is 24.1. The number of hydrogen-bond acceptors (Lipinski definition) is 2. The summed E-state index contributed by atoms with van der Waals surface area (Å²) < 4.78 is 0. The van der Waals surface area contributed by atoms with Crippen LogP contribution < -0.4 is 5.32 Å². The van der Waals surface area contributed by atoms with Crippen LogP contribution in [-0.2, 0) is 0 Å². The van der Waals surface area contributed by atoms with Gasteiger partial charge in [0.25, 0.3) is 5.91 Å². The maximum atomic E-state index is 12.5. The lowest BCUT2D eigenvalue weighted by atomic mass is 10.1. The molecule has 0 radical (unpaired) electrons. The number of hydrogen-bond donors (Lipinski definition) is 1. The lowest BCUT2D eigenvalue weighted by Crippen LogP contribution is -2.55. The van der Waals surface area contributed by atoms with E-state index in [1.807, 2.05) is 24.0 Å². The van der Waals surface area contributed by atoms with Gasteiger partial charge in [0, 0.05) is 25.2 Å². The molecule has 1 heterocycles. The van der Waals surface area contributed by atoms with Gasteiger partial charge in [0.15, 0.2) is 0 Å². The average Bonchev–Trinajstić information content (AvgIpc) is 2.30. The predicted molar refractivity (Wildman–Crippen MR) is 74.2 cm³/mol. The molecule has 0 saturated carbocycles. The molecule has 0 spiro atoms. The number of amides is 1. The number of benzene rings is 1. The highest BCUT2D eigenvalue weighted by Gasteiger charge is 2.26. The summed E-state index contributed by atoms with van der Waals surface area (Å²) in [5.41, 5.74) is 1.55. The van der Waals surface area contributed by atoms with Crippen LogP contribution in [0.25, 0.3) is 0 Å². The van der Waals surface area contributed by atoms with E-state index in [1.54, 1.807) is 6.07 Å². The first-order valence-corrected chi connectivity index (χ1v) is 6.67. The van der Waals surface area contributed by atoms with Crippen LogP contribution in [-0.4, -0.2) is 36.0 Å². The zero-order valence-corrected chi connectivity index (χ0v) is 11.8. The minimum atomic E-state index is 0.0314. The largest absolute Gasteiger partial charge is 0.335 e. The van der Waals surface area contributed by atoms with Crippen molar-refractivity contribution >= 4 is 17.5 Å². The molecule has 0 aromatic heterocycles. The maximum absolute atomic E-state index is 12.5. The van der Waals surface area contributed by atoms with Crippen molar-refractivity contribution < 1.29 is 4.79 Å². The van der Waals surface area contributed by atoms with E-state index in [0.29, 0.717) is 22.7 Å². The van der Waals surface area contributed by atoms with Gasteiger partial charge >= 0.3 is 0 Å². The fourth-order valence-corrected chi connectivity index (χ4v) is 2.68. The van der Waals surface area contributed by atoms with Gasteiger partial charge in [-0.3, -0.25) is 4.79 Å². The van der Waals surface area contributed by atoms with Crippen molar-refractivity contribution in [3.8, 4) is 0 Å². The lowest BCUT2D eigenvalue weighted by Gasteiger charge is -2.36. The fourth-order valence-electron chi connectivity index (χ4n) is 2.48. The van der Waals surface area contributed by atoms with Gasteiger partial charge < -0.3 is 10.2 Å². The highest BCUT2D eigenvalue weighted by atomic mass is 35.5. The van der Waals surface area contributed by atoms with Crippen molar-refractivity contribution in [2.75, 3.05) is 13.1 Å². The predicted octanol–water partition coefficient (Wildman–Crippen LogP) is 2.47. The third-order valence-corrected chi connectivity index (χ3v) is 3.77. The van der Waals surface area contributed by atoms with Crippen molar-refractivity contribution in [1.29, 1.82) is 0 Å². The van der Waals surface area contributed by atoms with Crippen molar-refractivity contribution in [3.63, 3.8) is 0 Å². The number of halogens is 1. The zero-order valence-electron chi connectivity index (χ0n) is 11.0. The van der Waals surface area contributed by atoms with E-state index in [0.717, 1.165) is 18.7 Å². The van der Waals surface area contributed by atoms with Crippen LogP contribution in [0.5, 0.6) is 0 Å². The Morgan fingerprint density at radius 2 is 1.94 bits per heavy atom. The molecular formula is C14H19ClN2O. The third kappa shape index (κ3) is 2.68. The number of aryl methyl sites for hydroxylation is 1. The van der Waals surface area contributed by atoms with E-state index in [9.17, 15) is 4.79 Å². The second-order valence-corrected chi connectivity index (χ2v) is 5.49. The summed E-state index contributed by atoms with van der Waals surface area (Å²) in [5.74, 6) is 0.0314. The number of rotatable bonds is 1. The van der Waals surface area contributed by atoms with Gasteiger partial charge in [0.1, 0.15) is 0 Å². The van der Waals surface area contributed by atoms with E-state index in [1.165, 1.54) is 0 Å². The number of nitrogens with one attached hydrogen (secondary N) is 1. The van der Waals surface area contributed by atoms with Gasteiger partial charge in [-0.25, -0.2) is 0 Å². The van der Waals surface area contributed by atoms with Gasteiger partial charge in [-0.15, -0.1) is 0 Å². The topological polar surface area (TPSA) is 32.3 Å². The summed E-state index contributed by atoms with van der Waals surface area (Å²) in [7, 11) is 0. The Bertz CT molecular complexity index is 451. The van der Waals surface area contributed by atoms with Crippen LogP contribution in [0.4, 0.5) is 0 Å². The van der Waals surface area contributed by atoms with Crippen LogP contribution in [0.15, 0.2) is 18.2 Å². The van der Waals surface area contributed by atoms with Crippen LogP contribution in [0.1, 0.15) is 29.8 Å². The Labute approximate surface area is 113 Å². The van der Waals surface area contributed by atoms with E-state index in [-0.39, 0.29) is 5.91 Å². The molecule has 1 fully saturated rings. The van der Waals surface area contributed by atoms with E-state index in [4.69, 9.17) is 11.6 Å². The molecule has 2 rings (SSSR count). The summed E-state index contributed by atoms with van der Waals surface area (Å²) in [6.45, 7) is 7.56. The first-order valence-electron chi connectivity index (χ1n) is 6.29. The summed E-state index contributed by atoms with van der Waals surface area (Å²) in [5, 5.41) is 3.99. The second-order valence-electron chi connectivity index (χ2n) is 5.12. The Hall–Kier alpha value is -1.06. The van der Waals surface area contributed by atoms with Crippen LogP contribution in [0, 0.1) is 6.92 Å². The molecule has 2 atom stereocenters. The quantitative estimate of drug-likeness (QED) is 0.847. The molecule has 1 saturated heterocycles. The van der Waals surface area contributed by atoms with Crippen molar-refractivity contribution in [2.45, 2.75) is 32.9 Å². The van der Waals surface area contributed by atoms with Gasteiger partial charge in [0.05, 0.1) is 10.6 Å². The minimum absolute atomic E-state index is 0.0314. The first kappa shape index (κ1) is 13.4. The molecule has 2 unspecified atom stereocenters. The Morgan fingerprint density at radius 3 is 2.56 bits per heavy atom. The SMILES string of the molecule is Cc1cccc(C(=O)N2CC(C)NC(C)C2)c1Cl. The smallest absolute Gasteiger partial charge is 0.255 e. The zero-order chi connectivity index (χ0) is 13.3. The van der Waals surface area contributed by atoms with Gasteiger partial charge in [-0.1, -0.05) is 23.7 Å². The number of nitrogens with zero attached hydrogens (tertiary/aromatic N) is 1. The molecule has 1 amide bonds. The van der Waals surface area contributed by atoms with Crippen molar-refractivity contribution in [2.24, 2.45) is 0 Å². The van der Waals surface area contributed by atoms with Gasteiger partial charge in [-0.2, -0.15) is 0 Å². The third-order valence-electron chi connectivity index (χ3n) is 3.27. The fraction of sp³-hybridized carbons (Fsp3) is 0.500. The molecule has 0 bridgehead atoms. The van der Waals surface area contributed by atoms with Crippen LogP contribution >= 0.6 is 11.6 Å². The van der Waals surface area contributed by atoms with E-state index < -0.39 is 0 Å². The van der Waals surface area contributed by atoms with E-state index >= 15 is 0 Å². The molecule has 0 aliphatic carbocycles. The molecule has 1 aliphatic heterocycles. The summed E-state index contributed by atoms with van der Waals surface area (Å²) in [6, 6.07) is 6.24. The van der Waals surface area contributed by atoms with Gasteiger partial charge in [0.2, 0.25) is 0 Å². The first-order chi connectivity index (χ1) is 8.49. The van der Waals surface area contributed by atoms with Crippen LogP contribution in [0.2, 0.25) is 5.02 Å². The monoisotopic (exact) mass is 266 g/mol. The highest BCUT2D eigenvalue weighted by molar-refractivity contribution is 6.34. The number of piperazine rings is 1. The summed E-state index contributed by atoms with van der Waals surface area (Å²) in [6.07, 6.45) is 0.